The molecule has 0 saturated heterocycles. The van der Waals surface area contributed by atoms with Crippen LogP contribution in [0.15, 0.2) is 59.4 Å². The lowest BCUT2D eigenvalue weighted by atomic mass is 10.2. The number of carbonyl (C=O) groups excluding carboxylic acids is 2. The molecule has 0 aliphatic carbocycles. The van der Waals surface area contributed by atoms with E-state index >= 15 is 0 Å². The molecular formula is C21H22N4O3. The van der Waals surface area contributed by atoms with Gasteiger partial charge in [0.2, 0.25) is 11.8 Å². The first-order valence-electron chi connectivity index (χ1n) is 9.18. The summed E-state index contributed by atoms with van der Waals surface area (Å²) in [7, 11) is 0. The van der Waals surface area contributed by atoms with E-state index in [1.165, 1.54) is 4.57 Å². The van der Waals surface area contributed by atoms with Gasteiger partial charge in [-0.2, -0.15) is 0 Å². The molecule has 0 unspecified atom stereocenters. The van der Waals surface area contributed by atoms with Crippen LogP contribution in [-0.2, 0) is 22.6 Å². The number of rotatable bonds is 7. The SMILES string of the molecule is CCNC(=O)CCc1nc2ccccc2n(CC(=O)Nc2ccccc2)c1=O. The molecule has 0 saturated carbocycles. The van der Waals surface area contributed by atoms with Gasteiger partial charge in [0.25, 0.3) is 5.56 Å². The molecule has 0 fully saturated rings. The van der Waals surface area contributed by atoms with Crippen LogP contribution >= 0.6 is 0 Å². The molecule has 7 nitrogen and oxygen atoms in total. The highest BCUT2D eigenvalue weighted by atomic mass is 16.2. The maximum absolute atomic E-state index is 12.9. The second-order valence-corrected chi connectivity index (χ2v) is 6.31. The van der Waals surface area contributed by atoms with Crippen molar-refractivity contribution < 1.29 is 9.59 Å². The zero-order chi connectivity index (χ0) is 19.9. The van der Waals surface area contributed by atoms with E-state index in [2.05, 4.69) is 15.6 Å². The Labute approximate surface area is 162 Å². The molecule has 0 atom stereocenters. The second kappa shape index (κ2) is 8.94. The number of nitrogens with zero attached hydrogens (tertiary/aromatic N) is 2. The van der Waals surface area contributed by atoms with Crippen LogP contribution in [0.1, 0.15) is 19.0 Å². The number of aryl methyl sites for hydroxylation is 1. The third-order valence-electron chi connectivity index (χ3n) is 4.24. The van der Waals surface area contributed by atoms with E-state index in [-0.39, 0.29) is 42.5 Å². The molecule has 0 aliphatic rings. The Morgan fingerprint density at radius 2 is 1.71 bits per heavy atom. The minimum atomic E-state index is -0.355. The molecule has 0 aliphatic heterocycles. The summed E-state index contributed by atoms with van der Waals surface area (Å²) >= 11 is 0. The van der Waals surface area contributed by atoms with E-state index in [4.69, 9.17) is 0 Å². The van der Waals surface area contributed by atoms with Crippen LogP contribution in [0.4, 0.5) is 5.69 Å². The number of hydrogen-bond donors (Lipinski definition) is 2. The summed E-state index contributed by atoms with van der Waals surface area (Å²) in [5.41, 5.74) is 1.78. The Morgan fingerprint density at radius 3 is 2.46 bits per heavy atom. The van der Waals surface area contributed by atoms with Crippen LogP contribution < -0.4 is 16.2 Å². The third-order valence-corrected chi connectivity index (χ3v) is 4.24. The van der Waals surface area contributed by atoms with E-state index in [9.17, 15) is 14.4 Å². The van der Waals surface area contributed by atoms with Crippen LogP contribution in [0.3, 0.4) is 0 Å². The van der Waals surface area contributed by atoms with E-state index in [1.54, 1.807) is 30.3 Å². The quantitative estimate of drug-likeness (QED) is 0.658. The molecule has 0 bridgehead atoms. The first-order valence-corrected chi connectivity index (χ1v) is 9.18. The van der Waals surface area contributed by atoms with Crippen LogP contribution in [0.25, 0.3) is 11.0 Å². The van der Waals surface area contributed by atoms with Gasteiger partial charge in [-0.25, -0.2) is 4.98 Å². The maximum atomic E-state index is 12.9. The van der Waals surface area contributed by atoms with E-state index < -0.39 is 0 Å². The number of fused-ring (bicyclic) bond motifs is 1. The second-order valence-electron chi connectivity index (χ2n) is 6.31. The van der Waals surface area contributed by atoms with Gasteiger partial charge < -0.3 is 10.6 Å². The molecule has 0 radical (unpaired) electrons. The third kappa shape index (κ3) is 4.62. The highest BCUT2D eigenvalue weighted by molar-refractivity contribution is 5.91. The van der Waals surface area contributed by atoms with Crippen molar-refractivity contribution in [3.63, 3.8) is 0 Å². The molecule has 144 valence electrons. The van der Waals surface area contributed by atoms with Gasteiger partial charge in [-0.15, -0.1) is 0 Å². The zero-order valence-corrected chi connectivity index (χ0v) is 15.6. The monoisotopic (exact) mass is 378 g/mol. The van der Waals surface area contributed by atoms with Crippen molar-refractivity contribution in [3.8, 4) is 0 Å². The Morgan fingerprint density at radius 1 is 1.00 bits per heavy atom. The van der Waals surface area contributed by atoms with Crippen LogP contribution in [-0.4, -0.2) is 27.9 Å². The summed E-state index contributed by atoms with van der Waals surface area (Å²) in [4.78, 5) is 41.6. The van der Waals surface area contributed by atoms with Crippen LogP contribution in [0.5, 0.6) is 0 Å². The van der Waals surface area contributed by atoms with Crippen molar-refractivity contribution in [1.82, 2.24) is 14.9 Å². The largest absolute Gasteiger partial charge is 0.356 e. The fourth-order valence-electron chi connectivity index (χ4n) is 2.95. The predicted octanol–water partition coefficient (Wildman–Crippen LogP) is 2.10. The lowest BCUT2D eigenvalue weighted by Gasteiger charge is -2.12. The number of nitrogens with one attached hydrogen (secondary N) is 2. The first-order chi connectivity index (χ1) is 13.6. The summed E-state index contributed by atoms with van der Waals surface area (Å²) < 4.78 is 1.41. The highest BCUT2D eigenvalue weighted by Gasteiger charge is 2.14. The minimum absolute atomic E-state index is 0.134. The first kappa shape index (κ1) is 19.3. The van der Waals surface area contributed by atoms with Crippen molar-refractivity contribution in [1.29, 1.82) is 0 Å². The number of amides is 2. The molecule has 0 spiro atoms. The standard InChI is InChI=1S/C21H22N4O3/c1-2-22-19(26)13-12-17-21(28)25(18-11-7-6-10-16(18)24-17)14-20(27)23-15-8-4-3-5-9-15/h3-11H,2,12-14H2,1H3,(H,22,26)(H,23,27). The molecule has 3 aromatic rings. The number of carbonyl (C=O) groups is 2. The summed E-state index contributed by atoms with van der Waals surface area (Å²) in [5, 5.41) is 5.49. The molecule has 2 aromatic carbocycles. The molecule has 2 amide bonds. The predicted molar refractivity (Wildman–Crippen MR) is 108 cm³/mol. The fraction of sp³-hybridized carbons (Fsp3) is 0.238. The molecule has 1 aromatic heterocycles. The van der Waals surface area contributed by atoms with Crippen LogP contribution in [0.2, 0.25) is 0 Å². The summed E-state index contributed by atoms with van der Waals surface area (Å²) in [6.07, 6.45) is 0.389. The minimum Gasteiger partial charge on any atom is -0.356 e. The summed E-state index contributed by atoms with van der Waals surface area (Å²) in [5.74, 6) is -0.440. The smallest absolute Gasteiger partial charge is 0.273 e. The fourth-order valence-corrected chi connectivity index (χ4v) is 2.95. The molecule has 2 N–H and O–H groups in total. The van der Waals surface area contributed by atoms with Crippen LogP contribution in [0, 0.1) is 0 Å². The van der Waals surface area contributed by atoms with Crippen molar-refractivity contribution in [2.24, 2.45) is 0 Å². The van der Waals surface area contributed by atoms with E-state index in [1.807, 2.05) is 31.2 Å². The van der Waals surface area contributed by atoms with Gasteiger partial charge in [0.1, 0.15) is 12.2 Å². The molecule has 3 rings (SSSR count). The number of anilines is 1. The Hall–Kier alpha value is -3.48. The zero-order valence-electron chi connectivity index (χ0n) is 15.6. The Bertz CT molecular complexity index is 1040. The van der Waals surface area contributed by atoms with Gasteiger partial charge in [0.05, 0.1) is 11.0 Å². The molecule has 28 heavy (non-hydrogen) atoms. The van der Waals surface area contributed by atoms with E-state index in [0.717, 1.165) is 0 Å². The summed E-state index contributed by atoms with van der Waals surface area (Å²) in [6.45, 7) is 2.24. The van der Waals surface area contributed by atoms with Gasteiger partial charge in [-0.05, 0) is 31.2 Å². The van der Waals surface area contributed by atoms with Crippen molar-refractivity contribution in [2.45, 2.75) is 26.3 Å². The number of para-hydroxylation sites is 3. The molecular weight excluding hydrogens is 356 g/mol. The normalized spacial score (nSPS) is 10.6. The average molecular weight is 378 g/mol. The topological polar surface area (TPSA) is 93.1 Å². The lowest BCUT2D eigenvalue weighted by Crippen LogP contribution is -2.32. The average Bonchev–Trinajstić information content (AvgIpc) is 2.70. The van der Waals surface area contributed by atoms with E-state index in [0.29, 0.717) is 23.3 Å². The highest BCUT2D eigenvalue weighted by Crippen LogP contribution is 2.12. The number of hydrogen-bond acceptors (Lipinski definition) is 4. The van der Waals surface area contributed by atoms with Gasteiger partial charge in [-0.1, -0.05) is 30.3 Å². The molecule has 1 heterocycles. The molecule has 7 heteroatoms. The Kier molecular flexibility index (Phi) is 6.16. The van der Waals surface area contributed by atoms with Crippen molar-refractivity contribution in [3.05, 3.63) is 70.6 Å². The Balaban J connectivity index is 1.89. The van der Waals surface area contributed by atoms with Gasteiger partial charge in [-0.3, -0.25) is 19.0 Å². The van der Waals surface area contributed by atoms with Gasteiger partial charge in [0, 0.05) is 25.1 Å². The van der Waals surface area contributed by atoms with Crippen molar-refractivity contribution >= 4 is 28.5 Å². The lowest BCUT2D eigenvalue weighted by molar-refractivity contribution is -0.121. The number of benzene rings is 2. The maximum Gasteiger partial charge on any atom is 0.273 e. The summed E-state index contributed by atoms with van der Waals surface area (Å²) in [6, 6.07) is 16.2. The van der Waals surface area contributed by atoms with Crippen molar-refractivity contribution in [2.75, 3.05) is 11.9 Å². The van der Waals surface area contributed by atoms with Gasteiger partial charge >= 0.3 is 0 Å². The van der Waals surface area contributed by atoms with Gasteiger partial charge in [0.15, 0.2) is 0 Å². The number of aromatic nitrogens is 2.